The lowest BCUT2D eigenvalue weighted by Crippen LogP contribution is -2.38. The van der Waals surface area contributed by atoms with E-state index in [1.165, 1.54) is 11.8 Å². The molecule has 1 aromatic carbocycles. The molecular weight excluding hydrogens is 390 g/mol. The van der Waals surface area contributed by atoms with Crippen molar-refractivity contribution in [3.8, 4) is 6.07 Å². The van der Waals surface area contributed by atoms with Crippen molar-refractivity contribution in [1.29, 1.82) is 5.26 Å². The van der Waals surface area contributed by atoms with E-state index >= 15 is 0 Å². The molecule has 31 heavy (non-hydrogen) atoms. The number of aliphatic hydroxyl groups excluding tert-OH is 1. The molecule has 0 aliphatic heterocycles. The number of allylic oxidation sites excluding steroid dienone is 2. The second-order valence-electron chi connectivity index (χ2n) is 9.33. The monoisotopic (exact) mass is 421 g/mol. The maximum Gasteiger partial charge on any atom is 0.291 e. The highest BCUT2D eigenvalue weighted by molar-refractivity contribution is 6.03. The van der Waals surface area contributed by atoms with Gasteiger partial charge in [-0.2, -0.15) is 5.26 Å². The highest BCUT2D eigenvalue weighted by atomic mass is 16.3. The van der Waals surface area contributed by atoms with E-state index in [9.17, 15) is 9.90 Å². The molecule has 7 nitrogen and oxygen atoms in total. The van der Waals surface area contributed by atoms with E-state index in [0.717, 1.165) is 30.4 Å². The molecule has 0 fully saturated rings. The number of hydrogen-bond donors (Lipinski definition) is 4. The highest BCUT2D eigenvalue weighted by Gasteiger charge is 2.26. The van der Waals surface area contributed by atoms with Crippen LogP contribution in [-0.4, -0.2) is 34.1 Å². The van der Waals surface area contributed by atoms with Gasteiger partial charge in [0.2, 0.25) is 0 Å². The van der Waals surface area contributed by atoms with Crippen molar-refractivity contribution >= 4 is 17.2 Å². The fraction of sp³-hybridized carbons (Fsp3) is 0.458. The van der Waals surface area contributed by atoms with Crippen LogP contribution in [0.15, 0.2) is 30.5 Å². The summed E-state index contributed by atoms with van der Waals surface area (Å²) in [4.78, 5) is 19.5. The van der Waals surface area contributed by atoms with Crippen LogP contribution >= 0.6 is 0 Å². The predicted octanol–water partition coefficient (Wildman–Crippen LogP) is 3.94. The zero-order chi connectivity index (χ0) is 22.6. The Bertz CT molecular complexity index is 1030. The van der Waals surface area contributed by atoms with Crippen LogP contribution < -0.4 is 10.6 Å². The predicted molar refractivity (Wildman–Crippen MR) is 121 cm³/mol. The number of amides is 1. The minimum absolute atomic E-state index is 0.0680. The Morgan fingerprint density at radius 1 is 1.39 bits per heavy atom. The molecule has 164 valence electrons. The first-order valence-electron chi connectivity index (χ1n) is 10.6. The molecule has 1 aromatic heterocycles. The summed E-state index contributed by atoms with van der Waals surface area (Å²) in [5.74, 6) is -0.278. The molecule has 0 saturated carbocycles. The molecule has 0 radical (unpaired) electrons. The van der Waals surface area contributed by atoms with Gasteiger partial charge in [-0.1, -0.05) is 26.0 Å². The molecule has 0 spiro atoms. The van der Waals surface area contributed by atoms with Gasteiger partial charge in [0, 0.05) is 29.5 Å². The molecule has 1 amide bonds. The lowest BCUT2D eigenvalue weighted by molar-refractivity contribution is 0.101. The number of aromatic nitrogens is 2. The molecule has 2 aromatic rings. The number of carbonyl (C=O) groups excluding carboxylic acids is 1. The summed E-state index contributed by atoms with van der Waals surface area (Å²) in [6.45, 7) is 9.25. The lowest BCUT2D eigenvalue weighted by Gasteiger charge is -2.31. The average molecular weight is 422 g/mol. The van der Waals surface area contributed by atoms with Gasteiger partial charge >= 0.3 is 0 Å². The minimum atomic E-state index is -0.384. The molecule has 3 rings (SSSR count). The SMILES string of the molecule is CC1(C)CC=C(c2cc(C(C)(C)NCCO)ccc2NC(=O)c2nc(C#N)c[nH]2)CC1. The van der Waals surface area contributed by atoms with Crippen molar-refractivity contribution in [2.45, 2.75) is 52.5 Å². The van der Waals surface area contributed by atoms with E-state index in [2.05, 4.69) is 60.4 Å². The smallest absolute Gasteiger partial charge is 0.291 e. The van der Waals surface area contributed by atoms with Crippen LogP contribution in [-0.2, 0) is 5.54 Å². The largest absolute Gasteiger partial charge is 0.395 e. The number of nitriles is 1. The first kappa shape index (κ1) is 22.7. The number of hydrogen-bond acceptors (Lipinski definition) is 5. The molecule has 4 N–H and O–H groups in total. The maximum absolute atomic E-state index is 12.7. The van der Waals surface area contributed by atoms with Crippen LogP contribution in [0.4, 0.5) is 5.69 Å². The summed E-state index contributed by atoms with van der Waals surface area (Å²) in [7, 11) is 0. The Morgan fingerprint density at radius 3 is 2.77 bits per heavy atom. The van der Waals surface area contributed by atoms with Gasteiger partial charge in [-0.25, -0.2) is 4.98 Å². The summed E-state index contributed by atoms with van der Waals surface area (Å²) < 4.78 is 0. The van der Waals surface area contributed by atoms with Gasteiger partial charge in [-0.3, -0.25) is 4.79 Å². The number of rotatable bonds is 7. The van der Waals surface area contributed by atoms with Crippen molar-refractivity contribution in [2.24, 2.45) is 5.41 Å². The first-order valence-corrected chi connectivity index (χ1v) is 10.6. The van der Waals surface area contributed by atoms with Crippen LogP contribution in [0, 0.1) is 16.7 Å². The van der Waals surface area contributed by atoms with Crippen molar-refractivity contribution in [1.82, 2.24) is 15.3 Å². The van der Waals surface area contributed by atoms with Crippen LogP contribution in [0.2, 0.25) is 0 Å². The third-order valence-electron chi connectivity index (χ3n) is 5.89. The van der Waals surface area contributed by atoms with Crippen molar-refractivity contribution in [3.05, 3.63) is 53.1 Å². The Hall–Kier alpha value is -2.95. The molecule has 1 aliphatic rings. The van der Waals surface area contributed by atoms with Crippen LogP contribution in [0.1, 0.15) is 74.4 Å². The minimum Gasteiger partial charge on any atom is -0.395 e. The van der Waals surface area contributed by atoms with E-state index < -0.39 is 0 Å². The van der Waals surface area contributed by atoms with E-state index in [1.54, 1.807) is 0 Å². The zero-order valence-corrected chi connectivity index (χ0v) is 18.7. The number of anilines is 1. The van der Waals surface area contributed by atoms with Crippen molar-refractivity contribution in [3.63, 3.8) is 0 Å². The number of H-pyrrole nitrogens is 1. The zero-order valence-electron chi connectivity index (χ0n) is 18.7. The molecule has 7 heteroatoms. The molecule has 0 atom stereocenters. The Labute approximate surface area is 183 Å². The van der Waals surface area contributed by atoms with Crippen molar-refractivity contribution < 1.29 is 9.90 Å². The Kier molecular flexibility index (Phi) is 6.63. The van der Waals surface area contributed by atoms with Crippen LogP contribution in [0.5, 0.6) is 0 Å². The summed E-state index contributed by atoms with van der Waals surface area (Å²) >= 11 is 0. The normalized spacial score (nSPS) is 15.8. The number of nitrogens with one attached hydrogen (secondary N) is 3. The molecular formula is C24H31N5O2. The molecule has 1 heterocycles. The molecule has 0 unspecified atom stereocenters. The number of aromatic amines is 1. The van der Waals surface area contributed by atoms with E-state index in [1.807, 2.05) is 18.2 Å². The third kappa shape index (κ3) is 5.40. The highest BCUT2D eigenvalue weighted by Crippen LogP contribution is 2.41. The first-order chi connectivity index (χ1) is 14.6. The van der Waals surface area contributed by atoms with E-state index in [4.69, 9.17) is 5.26 Å². The fourth-order valence-electron chi connectivity index (χ4n) is 3.78. The number of carbonyl (C=O) groups is 1. The number of benzene rings is 1. The van der Waals surface area contributed by atoms with Crippen LogP contribution in [0.3, 0.4) is 0 Å². The summed E-state index contributed by atoms with van der Waals surface area (Å²) in [5, 5.41) is 24.5. The summed E-state index contributed by atoms with van der Waals surface area (Å²) in [6, 6.07) is 7.94. The van der Waals surface area contributed by atoms with Gasteiger partial charge in [-0.15, -0.1) is 0 Å². The topological polar surface area (TPSA) is 114 Å². The maximum atomic E-state index is 12.7. The van der Waals surface area contributed by atoms with Gasteiger partial charge in [0.25, 0.3) is 5.91 Å². The van der Waals surface area contributed by atoms with Gasteiger partial charge in [0.15, 0.2) is 11.5 Å². The molecule has 0 saturated heterocycles. The number of imidazole rings is 1. The fourth-order valence-corrected chi connectivity index (χ4v) is 3.78. The van der Waals surface area contributed by atoms with Crippen molar-refractivity contribution in [2.75, 3.05) is 18.5 Å². The molecule has 1 aliphatic carbocycles. The van der Waals surface area contributed by atoms with Gasteiger partial charge in [0.05, 0.1) is 6.61 Å². The molecule has 0 bridgehead atoms. The average Bonchev–Trinajstić information content (AvgIpc) is 3.22. The van der Waals surface area contributed by atoms with E-state index in [0.29, 0.717) is 12.2 Å². The third-order valence-corrected chi connectivity index (χ3v) is 5.89. The van der Waals surface area contributed by atoms with E-state index in [-0.39, 0.29) is 35.0 Å². The van der Waals surface area contributed by atoms with Crippen LogP contribution in [0.25, 0.3) is 5.57 Å². The standard InChI is InChI=1S/C24H31N5O2/c1-23(2)9-7-16(8-10-23)19-13-17(24(3,4)27-11-12-30)5-6-20(19)29-22(31)21-26-15-18(14-25)28-21/h5-7,13,15,27,30H,8-12H2,1-4H3,(H,26,28)(H,29,31). The quantitative estimate of drug-likeness (QED) is 0.541. The second-order valence-corrected chi connectivity index (χ2v) is 9.33. The number of nitrogens with zero attached hydrogens (tertiary/aromatic N) is 2. The second kappa shape index (κ2) is 9.04. The lowest BCUT2D eigenvalue weighted by atomic mass is 9.76. The van der Waals surface area contributed by atoms with Gasteiger partial charge < -0.3 is 20.7 Å². The van der Waals surface area contributed by atoms with Gasteiger partial charge in [-0.05, 0) is 61.8 Å². The summed E-state index contributed by atoms with van der Waals surface area (Å²) in [5.41, 5.74) is 4.11. The van der Waals surface area contributed by atoms with Gasteiger partial charge in [0.1, 0.15) is 6.07 Å². The summed E-state index contributed by atoms with van der Waals surface area (Å²) in [6.07, 6.45) is 6.68. The Morgan fingerprint density at radius 2 is 2.16 bits per heavy atom. The number of aliphatic hydroxyl groups is 1. The Balaban J connectivity index is 1.97.